The van der Waals surface area contributed by atoms with E-state index < -0.39 is 0 Å². The molecule has 0 saturated heterocycles. The Morgan fingerprint density at radius 1 is 1.13 bits per heavy atom. The first kappa shape index (κ1) is 24.0. The minimum absolute atomic E-state index is 0. The third kappa shape index (κ3) is 143. The van der Waals surface area contributed by atoms with Crippen molar-refractivity contribution in [2.24, 2.45) is 0 Å². The van der Waals surface area contributed by atoms with E-state index >= 15 is 0 Å². The largest absolute Gasteiger partial charge is 0.412 e. The predicted octanol–water partition coefficient (Wildman–Crippen LogP) is 1.17. The van der Waals surface area contributed by atoms with Crippen LogP contribution in [0.5, 0.6) is 0 Å². The molecular weight excluding hydrogens is 194 g/mol. The molecule has 0 aromatic rings. The lowest BCUT2D eigenvalue weighted by atomic mass is 10.4. The monoisotopic (exact) mass is 223 g/mol. The molecule has 0 atom stereocenters. The molecule has 0 unspecified atom stereocenters. The van der Waals surface area contributed by atoms with Gasteiger partial charge in [0.1, 0.15) is 5.78 Å². The van der Waals surface area contributed by atoms with Gasteiger partial charge in [0.2, 0.25) is 0 Å². The summed E-state index contributed by atoms with van der Waals surface area (Å²) in [5.41, 5.74) is 0. The van der Waals surface area contributed by atoms with Gasteiger partial charge in [0.15, 0.2) is 0 Å². The number of aliphatic hydroxyl groups excluding tert-OH is 1. The highest BCUT2D eigenvalue weighted by atomic mass is 16.2. The summed E-state index contributed by atoms with van der Waals surface area (Å²) in [6, 6.07) is 0. The second kappa shape index (κ2) is 29.2. The van der Waals surface area contributed by atoms with Crippen LogP contribution in [-0.4, -0.2) is 36.1 Å². The van der Waals surface area contributed by atoms with Crippen LogP contribution in [0.4, 0.5) is 0 Å². The number of carbonyl (C=O) groups excluding carboxylic acids is 1. The normalized spacial score (nSPS) is 7.33. The molecule has 0 amide bonds. The number of hydrogen-bond acceptors (Lipinski definition) is 3. The summed E-state index contributed by atoms with van der Waals surface area (Å²) in [7, 11) is 0. The molecule has 0 heterocycles. The van der Waals surface area contributed by atoms with Gasteiger partial charge in [-0.3, -0.25) is 0 Å². The second-order valence-electron chi connectivity index (χ2n) is 2.94. The molecule has 0 aliphatic heterocycles. The van der Waals surface area contributed by atoms with Crippen molar-refractivity contribution < 1.29 is 15.4 Å². The van der Waals surface area contributed by atoms with Crippen LogP contribution in [0, 0.1) is 0 Å². The SMILES string of the molecule is CC(C)=O.CCCCO.CCNCC.O. The van der Waals surface area contributed by atoms with Gasteiger partial charge in [0.25, 0.3) is 0 Å². The van der Waals surface area contributed by atoms with E-state index in [1.165, 1.54) is 13.8 Å². The summed E-state index contributed by atoms with van der Waals surface area (Å²) < 4.78 is 0. The molecule has 0 aromatic heterocycles. The molecule has 0 fully saturated rings. The molecule has 0 radical (unpaired) electrons. The number of nitrogens with one attached hydrogen (secondary N) is 1. The van der Waals surface area contributed by atoms with Crippen molar-refractivity contribution in [3.05, 3.63) is 0 Å². The maximum absolute atomic E-state index is 9.44. The minimum Gasteiger partial charge on any atom is -0.412 e. The number of aliphatic hydroxyl groups is 1. The van der Waals surface area contributed by atoms with Crippen LogP contribution in [0.15, 0.2) is 0 Å². The van der Waals surface area contributed by atoms with Gasteiger partial charge in [0, 0.05) is 6.61 Å². The average molecular weight is 223 g/mol. The maximum Gasteiger partial charge on any atom is 0.126 e. The maximum atomic E-state index is 9.44. The van der Waals surface area contributed by atoms with Gasteiger partial charge in [0.05, 0.1) is 0 Å². The van der Waals surface area contributed by atoms with E-state index in [0.717, 1.165) is 25.9 Å². The van der Waals surface area contributed by atoms with E-state index in [4.69, 9.17) is 5.11 Å². The topological polar surface area (TPSA) is 80.8 Å². The zero-order chi connectivity index (χ0) is 11.8. The quantitative estimate of drug-likeness (QED) is 0.750. The molecule has 0 aromatic carbocycles. The molecule has 4 N–H and O–H groups in total. The molecule has 4 heteroatoms. The van der Waals surface area contributed by atoms with Crippen LogP contribution in [0.1, 0.15) is 47.5 Å². The lowest BCUT2D eigenvalue weighted by molar-refractivity contribution is -0.114. The second-order valence-corrected chi connectivity index (χ2v) is 2.94. The Kier molecular flexibility index (Phi) is 46.7. The zero-order valence-corrected chi connectivity index (χ0v) is 10.9. The number of rotatable bonds is 4. The van der Waals surface area contributed by atoms with Gasteiger partial charge in [-0.25, -0.2) is 0 Å². The van der Waals surface area contributed by atoms with Gasteiger partial charge < -0.3 is 20.7 Å². The Balaban J connectivity index is -0.0000000590. The van der Waals surface area contributed by atoms with E-state index in [0.29, 0.717) is 6.61 Å². The summed E-state index contributed by atoms with van der Waals surface area (Å²) >= 11 is 0. The van der Waals surface area contributed by atoms with E-state index in [1.54, 1.807) is 0 Å². The Hall–Kier alpha value is -0.450. The third-order valence-corrected chi connectivity index (χ3v) is 1.01. The highest BCUT2D eigenvalue weighted by molar-refractivity contribution is 5.72. The summed E-state index contributed by atoms with van der Waals surface area (Å²) in [4.78, 5) is 9.44. The van der Waals surface area contributed by atoms with Crippen LogP contribution in [0.3, 0.4) is 0 Å². The van der Waals surface area contributed by atoms with Gasteiger partial charge >= 0.3 is 0 Å². The zero-order valence-electron chi connectivity index (χ0n) is 10.9. The highest BCUT2D eigenvalue weighted by Crippen LogP contribution is 1.78. The van der Waals surface area contributed by atoms with E-state index in [1.807, 2.05) is 0 Å². The van der Waals surface area contributed by atoms with Crippen molar-refractivity contribution in [1.82, 2.24) is 5.32 Å². The third-order valence-electron chi connectivity index (χ3n) is 1.01. The molecule has 15 heavy (non-hydrogen) atoms. The molecule has 0 aliphatic rings. The van der Waals surface area contributed by atoms with E-state index in [2.05, 4.69) is 26.1 Å². The van der Waals surface area contributed by atoms with Crippen LogP contribution >= 0.6 is 0 Å². The molecule has 0 bridgehead atoms. The van der Waals surface area contributed by atoms with Crippen LogP contribution in [0.25, 0.3) is 0 Å². The van der Waals surface area contributed by atoms with Crippen molar-refractivity contribution in [1.29, 1.82) is 0 Å². The van der Waals surface area contributed by atoms with Gasteiger partial charge in [-0.05, 0) is 33.4 Å². The number of carbonyl (C=O) groups is 1. The number of Topliss-reactive ketones (excluding diaryl/α,β-unsaturated/α-hetero) is 1. The molecule has 0 aliphatic carbocycles. The van der Waals surface area contributed by atoms with Gasteiger partial charge in [-0.2, -0.15) is 0 Å². The van der Waals surface area contributed by atoms with Gasteiger partial charge in [-0.1, -0.05) is 27.2 Å². The number of unbranched alkanes of at least 4 members (excludes halogenated alkanes) is 1. The van der Waals surface area contributed by atoms with Crippen molar-refractivity contribution in [3.8, 4) is 0 Å². The van der Waals surface area contributed by atoms with Crippen LogP contribution in [-0.2, 0) is 4.79 Å². The highest BCUT2D eigenvalue weighted by Gasteiger charge is 1.69. The Morgan fingerprint density at radius 3 is 1.47 bits per heavy atom. The fourth-order valence-electron chi connectivity index (χ4n) is 0.408. The molecule has 4 nitrogen and oxygen atoms in total. The smallest absolute Gasteiger partial charge is 0.126 e. The van der Waals surface area contributed by atoms with E-state index in [9.17, 15) is 4.79 Å². The van der Waals surface area contributed by atoms with E-state index in [-0.39, 0.29) is 11.3 Å². The number of ketones is 1. The lowest BCUT2D eigenvalue weighted by Crippen LogP contribution is -2.09. The Bertz CT molecular complexity index is 83.8. The molecule has 0 rings (SSSR count). The summed E-state index contributed by atoms with van der Waals surface area (Å²) in [5.74, 6) is 0.167. The van der Waals surface area contributed by atoms with Crippen molar-refractivity contribution >= 4 is 5.78 Å². The first-order valence-electron chi connectivity index (χ1n) is 5.35. The minimum atomic E-state index is 0. The fraction of sp³-hybridized carbons (Fsp3) is 0.909. The predicted molar refractivity (Wildman–Crippen MR) is 66.2 cm³/mol. The van der Waals surface area contributed by atoms with Crippen LogP contribution in [0.2, 0.25) is 0 Å². The van der Waals surface area contributed by atoms with Crippen LogP contribution < -0.4 is 5.32 Å². The summed E-state index contributed by atoms with van der Waals surface area (Å²) in [6.07, 6.45) is 2.04. The Morgan fingerprint density at radius 2 is 1.47 bits per heavy atom. The average Bonchev–Trinajstić information content (AvgIpc) is 2.07. The van der Waals surface area contributed by atoms with Crippen molar-refractivity contribution in [3.63, 3.8) is 0 Å². The Labute approximate surface area is 94.4 Å². The standard InChI is InChI=1S/C4H11N.C4H10O.C3H6O.H2O/c1-3-5-4-2;1-2-3-4-5;1-3(2)4;/h5H,3-4H2,1-2H3;5H,2-4H2,1H3;1-2H3;1H2. The summed E-state index contributed by atoms with van der Waals surface area (Å²) in [5, 5.41) is 11.2. The molecular formula is C11H29NO3. The van der Waals surface area contributed by atoms with Gasteiger partial charge in [-0.15, -0.1) is 0 Å². The molecule has 0 spiro atoms. The van der Waals surface area contributed by atoms with Crippen molar-refractivity contribution in [2.75, 3.05) is 19.7 Å². The lowest BCUT2D eigenvalue weighted by Gasteiger charge is -1.86. The first-order chi connectivity index (χ1) is 6.56. The molecule has 96 valence electrons. The summed E-state index contributed by atoms with van der Waals surface area (Å²) in [6.45, 7) is 11.8. The number of hydrogen-bond donors (Lipinski definition) is 2. The first-order valence-corrected chi connectivity index (χ1v) is 5.35. The molecule has 0 saturated carbocycles. The fourth-order valence-corrected chi connectivity index (χ4v) is 0.408. The van der Waals surface area contributed by atoms with Crippen molar-refractivity contribution in [2.45, 2.75) is 47.5 Å².